The van der Waals surface area contributed by atoms with Crippen molar-refractivity contribution in [1.82, 2.24) is 19.9 Å². The number of hydrogen-bond donors (Lipinski definition) is 4. The standard InChI is InChI=1S/C12H17N7O3S/c1-4(2)5(13)11(21)19(22)10-6-8(17-12(18-10)23-3)16-9(15-6)7(14)20/h4-5,22H,13H2,1-3H3,(H2,14,20)(H,15,16,17,18)/t5-/m0/s1. The molecule has 0 aliphatic carbocycles. The number of fused-ring (bicyclic) bond motifs is 1. The molecule has 2 aromatic rings. The fourth-order valence-electron chi connectivity index (χ4n) is 1.75. The molecule has 0 aliphatic heterocycles. The number of hydroxylamine groups is 1. The van der Waals surface area contributed by atoms with Gasteiger partial charge < -0.3 is 16.5 Å². The lowest BCUT2D eigenvalue weighted by atomic mass is 10.1. The lowest BCUT2D eigenvalue weighted by molar-refractivity contribution is -0.125. The van der Waals surface area contributed by atoms with Gasteiger partial charge in [-0.25, -0.2) is 15.0 Å². The number of carbonyl (C=O) groups excluding carboxylic acids is 2. The zero-order chi connectivity index (χ0) is 17.3. The molecular formula is C12H17N7O3S. The van der Waals surface area contributed by atoms with Crippen LogP contribution < -0.4 is 16.5 Å². The Morgan fingerprint density at radius 1 is 1.30 bits per heavy atom. The van der Waals surface area contributed by atoms with E-state index in [2.05, 4.69) is 19.9 Å². The van der Waals surface area contributed by atoms with E-state index in [9.17, 15) is 14.8 Å². The van der Waals surface area contributed by atoms with Crippen molar-refractivity contribution in [2.75, 3.05) is 11.3 Å². The summed E-state index contributed by atoms with van der Waals surface area (Å²) in [7, 11) is 0. The van der Waals surface area contributed by atoms with Crippen molar-refractivity contribution in [1.29, 1.82) is 0 Å². The molecule has 2 aromatic heterocycles. The third kappa shape index (κ3) is 3.25. The fourth-order valence-corrected chi connectivity index (χ4v) is 2.11. The van der Waals surface area contributed by atoms with Crippen molar-refractivity contribution in [2.45, 2.75) is 25.0 Å². The minimum absolute atomic E-state index is 0.109. The molecule has 6 N–H and O–H groups in total. The van der Waals surface area contributed by atoms with Gasteiger partial charge in [-0.05, 0) is 12.2 Å². The van der Waals surface area contributed by atoms with Crippen molar-refractivity contribution in [3.8, 4) is 0 Å². The van der Waals surface area contributed by atoms with Crippen LogP contribution in [0.5, 0.6) is 0 Å². The largest absolute Gasteiger partial charge is 0.363 e. The molecule has 0 saturated carbocycles. The zero-order valence-electron chi connectivity index (χ0n) is 12.8. The van der Waals surface area contributed by atoms with Gasteiger partial charge in [0.2, 0.25) is 0 Å². The number of imidazole rings is 1. The Bertz CT molecular complexity index is 760. The molecule has 0 spiro atoms. The molecule has 0 radical (unpaired) electrons. The summed E-state index contributed by atoms with van der Waals surface area (Å²) in [5.74, 6) is -2.00. The second-order valence-electron chi connectivity index (χ2n) is 5.10. The number of rotatable bonds is 5. The molecule has 2 rings (SSSR count). The van der Waals surface area contributed by atoms with E-state index in [1.807, 2.05) is 0 Å². The summed E-state index contributed by atoms with van der Waals surface area (Å²) in [6, 6.07) is -0.915. The second kappa shape index (κ2) is 6.48. The quantitative estimate of drug-likeness (QED) is 0.253. The summed E-state index contributed by atoms with van der Waals surface area (Å²) < 4.78 is 0. The van der Waals surface area contributed by atoms with Crippen molar-refractivity contribution in [2.24, 2.45) is 17.4 Å². The molecular weight excluding hydrogens is 322 g/mol. The van der Waals surface area contributed by atoms with E-state index >= 15 is 0 Å². The SMILES string of the molecule is CSc1nc(N(O)C(=O)[C@@H](N)C(C)C)c2[nH]c(C(N)=O)nc2n1. The highest BCUT2D eigenvalue weighted by atomic mass is 32.2. The van der Waals surface area contributed by atoms with Gasteiger partial charge in [-0.2, -0.15) is 5.06 Å². The number of thioether (sulfide) groups is 1. The Hall–Kier alpha value is -2.24. The Balaban J connectivity index is 2.57. The van der Waals surface area contributed by atoms with E-state index in [-0.39, 0.29) is 33.9 Å². The van der Waals surface area contributed by atoms with Crippen LogP contribution >= 0.6 is 11.8 Å². The molecule has 0 saturated heterocycles. The van der Waals surface area contributed by atoms with Crippen LogP contribution in [0.2, 0.25) is 0 Å². The first-order valence-corrected chi connectivity index (χ1v) is 7.88. The van der Waals surface area contributed by atoms with E-state index in [0.717, 1.165) is 0 Å². The normalized spacial score (nSPS) is 12.6. The maximum Gasteiger partial charge on any atom is 0.284 e. The van der Waals surface area contributed by atoms with E-state index < -0.39 is 17.9 Å². The topological polar surface area (TPSA) is 164 Å². The molecule has 2 amide bonds. The number of primary amides is 1. The molecule has 23 heavy (non-hydrogen) atoms. The average Bonchev–Trinajstić information content (AvgIpc) is 2.95. The summed E-state index contributed by atoms with van der Waals surface area (Å²) in [5.41, 5.74) is 11.2. The number of anilines is 1. The summed E-state index contributed by atoms with van der Waals surface area (Å²) in [6.07, 6.45) is 1.72. The van der Waals surface area contributed by atoms with Crippen molar-refractivity contribution < 1.29 is 14.8 Å². The van der Waals surface area contributed by atoms with Crippen LogP contribution in [-0.4, -0.2) is 49.3 Å². The maximum atomic E-state index is 12.2. The van der Waals surface area contributed by atoms with Crippen molar-refractivity contribution in [3.05, 3.63) is 5.82 Å². The number of carbonyl (C=O) groups is 2. The highest BCUT2D eigenvalue weighted by Crippen LogP contribution is 2.25. The predicted molar refractivity (Wildman–Crippen MR) is 84.1 cm³/mol. The minimum atomic E-state index is -0.915. The van der Waals surface area contributed by atoms with Crippen molar-refractivity contribution in [3.63, 3.8) is 0 Å². The molecule has 0 aliphatic rings. The van der Waals surface area contributed by atoms with E-state index in [1.54, 1.807) is 20.1 Å². The van der Waals surface area contributed by atoms with Crippen LogP contribution in [0.15, 0.2) is 5.16 Å². The van der Waals surface area contributed by atoms with Gasteiger partial charge in [-0.15, -0.1) is 0 Å². The third-order valence-corrected chi connectivity index (χ3v) is 3.69. The first-order chi connectivity index (χ1) is 10.8. The number of nitrogens with one attached hydrogen (secondary N) is 1. The summed E-state index contributed by atoms with van der Waals surface area (Å²) in [6.45, 7) is 3.50. The summed E-state index contributed by atoms with van der Waals surface area (Å²) in [5, 5.41) is 10.8. The van der Waals surface area contributed by atoms with Gasteiger partial charge in [0.05, 0.1) is 6.04 Å². The number of aromatic nitrogens is 4. The maximum absolute atomic E-state index is 12.2. The number of amides is 2. The van der Waals surface area contributed by atoms with Gasteiger partial charge in [0, 0.05) is 0 Å². The summed E-state index contributed by atoms with van der Waals surface area (Å²) >= 11 is 1.19. The first kappa shape index (κ1) is 17.1. The zero-order valence-corrected chi connectivity index (χ0v) is 13.6. The number of aromatic amines is 1. The van der Waals surface area contributed by atoms with E-state index in [0.29, 0.717) is 5.06 Å². The van der Waals surface area contributed by atoms with Gasteiger partial charge in [-0.3, -0.25) is 14.8 Å². The molecule has 0 fully saturated rings. The number of H-pyrrole nitrogens is 1. The lowest BCUT2D eigenvalue weighted by Crippen LogP contribution is -2.45. The van der Waals surface area contributed by atoms with E-state index in [1.165, 1.54) is 11.8 Å². The number of nitrogens with two attached hydrogens (primary N) is 2. The minimum Gasteiger partial charge on any atom is -0.363 e. The highest BCUT2D eigenvalue weighted by Gasteiger charge is 2.28. The average molecular weight is 339 g/mol. The smallest absolute Gasteiger partial charge is 0.284 e. The number of nitrogens with zero attached hydrogens (tertiary/aromatic N) is 4. The molecule has 0 bridgehead atoms. The Kier molecular flexibility index (Phi) is 4.82. The van der Waals surface area contributed by atoms with Crippen molar-refractivity contribution >= 4 is 40.6 Å². The van der Waals surface area contributed by atoms with Gasteiger partial charge in [0.25, 0.3) is 11.8 Å². The van der Waals surface area contributed by atoms with Gasteiger partial charge >= 0.3 is 0 Å². The van der Waals surface area contributed by atoms with E-state index in [4.69, 9.17) is 11.5 Å². The Labute approximate surface area is 135 Å². The molecule has 10 nitrogen and oxygen atoms in total. The highest BCUT2D eigenvalue weighted by molar-refractivity contribution is 7.98. The second-order valence-corrected chi connectivity index (χ2v) is 5.88. The lowest BCUT2D eigenvalue weighted by Gasteiger charge is -2.21. The van der Waals surface area contributed by atoms with Crippen LogP contribution in [-0.2, 0) is 4.79 Å². The monoisotopic (exact) mass is 339 g/mol. The Morgan fingerprint density at radius 3 is 2.48 bits per heavy atom. The molecule has 1 atom stereocenters. The molecule has 0 aromatic carbocycles. The Morgan fingerprint density at radius 2 is 1.96 bits per heavy atom. The summed E-state index contributed by atoms with van der Waals surface area (Å²) in [4.78, 5) is 38.2. The molecule has 11 heteroatoms. The van der Waals surface area contributed by atoms with Crippen LogP contribution in [0.3, 0.4) is 0 Å². The van der Waals surface area contributed by atoms with Gasteiger partial charge in [-0.1, -0.05) is 25.6 Å². The number of hydrogen-bond acceptors (Lipinski definition) is 8. The van der Waals surface area contributed by atoms with Crippen LogP contribution in [0.1, 0.15) is 24.5 Å². The molecule has 2 heterocycles. The fraction of sp³-hybridized carbons (Fsp3) is 0.417. The molecule has 124 valence electrons. The molecule has 0 unspecified atom stereocenters. The van der Waals surface area contributed by atoms with Crippen LogP contribution in [0, 0.1) is 5.92 Å². The first-order valence-electron chi connectivity index (χ1n) is 6.66. The van der Waals surface area contributed by atoms with Gasteiger partial charge in [0.1, 0.15) is 5.52 Å². The van der Waals surface area contributed by atoms with Gasteiger partial charge in [0.15, 0.2) is 22.4 Å². The third-order valence-electron chi connectivity index (χ3n) is 3.14. The van der Waals surface area contributed by atoms with Crippen LogP contribution in [0.4, 0.5) is 5.82 Å². The predicted octanol–water partition coefficient (Wildman–Crippen LogP) is -0.121. The van der Waals surface area contributed by atoms with Crippen LogP contribution in [0.25, 0.3) is 11.2 Å².